The van der Waals surface area contributed by atoms with Gasteiger partial charge in [0.15, 0.2) is 5.69 Å². The Kier molecular flexibility index (Phi) is 2.58. The monoisotopic (exact) mass is 206 g/mol. The normalized spacial score (nSPS) is 15.0. The van der Waals surface area contributed by atoms with Crippen LogP contribution in [0.4, 0.5) is 5.69 Å². The number of carbonyl (C=O) groups excluding carboxylic acids is 1. The lowest BCUT2D eigenvalue weighted by atomic mass is 10.1. The highest BCUT2D eigenvalue weighted by Crippen LogP contribution is 2.42. The zero-order valence-corrected chi connectivity index (χ0v) is 8.69. The Balaban J connectivity index is 2.30. The highest BCUT2D eigenvalue weighted by Gasteiger charge is 2.28. The van der Waals surface area contributed by atoms with Crippen LogP contribution in [0.2, 0.25) is 0 Å². The summed E-state index contributed by atoms with van der Waals surface area (Å²) in [5.74, 6) is 0.0821. The van der Waals surface area contributed by atoms with Gasteiger partial charge in [-0.3, -0.25) is 0 Å². The molecule has 0 amide bonds. The van der Waals surface area contributed by atoms with Crippen LogP contribution in [0.25, 0.3) is 0 Å². The van der Waals surface area contributed by atoms with Gasteiger partial charge in [-0.25, -0.2) is 9.78 Å². The van der Waals surface area contributed by atoms with Crippen molar-refractivity contribution < 1.29 is 9.53 Å². The predicted octanol–water partition coefficient (Wildman–Crippen LogP) is 1.72. The van der Waals surface area contributed by atoms with Crippen molar-refractivity contribution in [1.29, 1.82) is 0 Å². The molecule has 0 radical (unpaired) electrons. The predicted molar refractivity (Wildman–Crippen MR) is 56.6 cm³/mol. The molecule has 1 aliphatic carbocycles. The summed E-state index contributed by atoms with van der Waals surface area (Å²) in [7, 11) is 0. The van der Waals surface area contributed by atoms with Crippen LogP contribution >= 0.6 is 0 Å². The molecular formula is C11H14N2O2. The second-order valence-corrected chi connectivity index (χ2v) is 3.66. The van der Waals surface area contributed by atoms with Crippen LogP contribution in [-0.4, -0.2) is 17.6 Å². The summed E-state index contributed by atoms with van der Waals surface area (Å²) in [4.78, 5) is 15.5. The Morgan fingerprint density at radius 3 is 3.00 bits per heavy atom. The molecule has 1 aromatic heterocycles. The number of anilines is 1. The van der Waals surface area contributed by atoms with E-state index in [2.05, 4.69) is 4.98 Å². The molecule has 0 atom stereocenters. The molecule has 0 aliphatic heterocycles. The molecule has 2 N–H and O–H groups in total. The molecule has 2 rings (SSSR count). The van der Waals surface area contributed by atoms with Gasteiger partial charge in [0.2, 0.25) is 0 Å². The van der Waals surface area contributed by atoms with E-state index in [1.54, 1.807) is 13.1 Å². The van der Waals surface area contributed by atoms with E-state index >= 15 is 0 Å². The SMILES string of the molecule is CCOC(=O)c1nccc(C2CC2)c1N. The third-order valence-electron chi connectivity index (χ3n) is 2.51. The summed E-state index contributed by atoms with van der Waals surface area (Å²) in [6.07, 6.45) is 3.92. The minimum atomic E-state index is -0.433. The second-order valence-electron chi connectivity index (χ2n) is 3.66. The molecule has 1 fully saturated rings. The third-order valence-corrected chi connectivity index (χ3v) is 2.51. The van der Waals surface area contributed by atoms with E-state index in [0.29, 0.717) is 18.2 Å². The number of aromatic nitrogens is 1. The van der Waals surface area contributed by atoms with Gasteiger partial charge < -0.3 is 10.5 Å². The molecule has 0 spiro atoms. The molecule has 0 bridgehead atoms. The van der Waals surface area contributed by atoms with Gasteiger partial charge >= 0.3 is 5.97 Å². The quantitative estimate of drug-likeness (QED) is 0.765. The summed E-state index contributed by atoms with van der Waals surface area (Å²) in [5, 5.41) is 0. The number of nitrogen functional groups attached to an aromatic ring is 1. The smallest absolute Gasteiger partial charge is 0.359 e. The number of pyridine rings is 1. The van der Waals surface area contributed by atoms with Gasteiger partial charge in [0.1, 0.15) is 0 Å². The topological polar surface area (TPSA) is 65.2 Å². The lowest BCUT2D eigenvalue weighted by Gasteiger charge is -2.08. The fourth-order valence-corrected chi connectivity index (χ4v) is 1.60. The van der Waals surface area contributed by atoms with Crippen molar-refractivity contribution in [3.8, 4) is 0 Å². The Bertz CT molecular complexity index is 386. The van der Waals surface area contributed by atoms with Crippen molar-refractivity contribution >= 4 is 11.7 Å². The molecule has 0 aromatic carbocycles. The fourth-order valence-electron chi connectivity index (χ4n) is 1.60. The number of ether oxygens (including phenoxy) is 1. The lowest BCUT2D eigenvalue weighted by molar-refractivity contribution is 0.0521. The number of carbonyl (C=O) groups is 1. The Morgan fingerprint density at radius 2 is 2.40 bits per heavy atom. The zero-order chi connectivity index (χ0) is 10.8. The summed E-state index contributed by atoms with van der Waals surface area (Å²) in [5.41, 5.74) is 7.66. The van der Waals surface area contributed by atoms with Gasteiger partial charge in [-0.2, -0.15) is 0 Å². The molecule has 0 unspecified atom stereocenters. The fraction of sp³-hybridized carbons (Fsp3) is 0.455. The maximum absolute atomic E-state index is 11.5. The zero-order valence-electron chi connectivity index (χ0n) is 8.69. The van der Waals surface area contributed by atoms with E-state index in [1.165, 1.54) is 0 Å². The summed E-state index contributed by atoms with van der Waals surface area (Å²) in [6.45, 7) is 2.10. The molecule has 1 aromatic rings. The molecule has 1 heterocycles. The maximum Gasteiger partial charge on any atom is 0.359 e. The van der Waals surface area contributed by atoms with Crippen molar-refractivity contribution in [2.24, 2.45) is 0 Å². The maximum atomic E-state index is 11.5. The molecule has 1 aliphatic rings. The van der Waals surface area contributed by atoms with E-state index in [9.17, 15) is 4.79 Å². The van der Waals surface area contributed by atoms with Crippen molar-refractivity contribution in [1.82, 2.24) is 4.98 Å². The Hall–Kier alpha value is -1.58. The molecule has 4 nitrogen and oxygen atoms in total. The lowest BCUT2D eigenvalue weighted by Crippen LogP contribution is -2.11. The summed E-state index contributed by atoms with van der Waals surface area (Å²) >= 11 is 0. The molecular weight excluding hydrogens is 192 g/mol. The van der Waals surface area contributed by atoms with Gasteiger partial charge in [0.25, 0.3) is 0 Å². The van der Waals surface area contributed by atoms with Gasteiger partial charge in [-0.05, 0) is 37.3 Å². The van der Waals surface area contributed by atoms with Crippen molar-refractivity contribution in [3.05, 3.63) is 23.5 Å². The third kappa shape index (κ3) is 1.93. The van der Waals surface area contributed by atoms with E-state index in [-0.39, 0.29) is 5.69 Å². The highest BCUT2D eigenvalue weighted by atomic mass is 16.5. The highest BCUT2D eigenvalue weighted by molar-refractivity contribution is 5.93. The van der Waals surface area contributed by atoms with Gasteiger partial charge in [-0.1, -0.05) is 0 Å². The minimum absolute atomic E-state index is 0.251. The van der Waals surface area contributed by atoms with Crippen LogP contribution in [0.1, 0.15) is 41.7 Å². The first-order valence-corrected chi connectivity index (χ1v) is 5.15. The van der Waals surface area contributed by atoms with Crippen LogP contribution in [0.5, 0.6) is 0 Å². The molecule has 80 valence electrons. The average Bonchev–Trinajstić information content (AvgIpc) is 3.02. The van der Waals surface area contributed by atoms with E-state index < -0.39 is 5.97 Å². The molecule has 1 saturated carbocycles. The first-order chi connectivity index (χ1) is 7.24. The number of esters is 1. The first-order valence-electron chi connectivity index (χ1n) is 5.15. The van der Waals surface area contributed by atoms with Gasteiger partial charge in [-0.15, -0.1) is 0 Å². The van der Waals surface area contributed by atoms with E-state index in [1.807, 2.05) is 6.07 Å². The van der Waals surface area contributed by atoms with Crippen LogP contribution < -0.4 is 5.73 Å². The van der Waals surface area contributed by atoms with Crippen LogP contribution in [0.15, 0.2) is 12.3 Å². The van der Waals surface area contributed by atoms with Crippen molar-refractivity contribution in [2.45, 2.75) is 25.7 Å². The first kappa shape index (κ1) is 9.96. The largest absolute Gasteiger partial charge is 0.461 e. The second kappa shape index (κ2) is 3.88. The minimum Gasteiger partial charge on any atom is -0.461 e. The molecule has 4 heteroatoms. The van der Waals surface area contributed by atoms with Crippen LogP contribution in [0.3, 0.4) is 0 Å². The number of hydrogen-bond donors (Lipinski definition) is 1. The molecule has 0 saturated heterocycles. The van der Waals surface area contributed by atoms with Crippen molar-refractivity contribution in [3.63, 3.8) is 0 Å². The van der Waals surface area contributed by atoms with Crippen molar-refractivity contribution in [2.75, 3.05) is 12.3 Å². The number of rotatable bonds is 3. The Labute approximate surface area is 88.4 Å². The van der Waals surface area contributed by atoms with Gasteiger partial charge in [0, 0.05) is 6.20 Å². The number of nitrogens with two attached hydrogens (primary N) is 1. The van der Waals surface area contributed by atoms with Crippen LogP contribution in [0, 0.1) is 0 Å². The summed E-state index contributed by atoms with van der Waals surface area (Å²) < 4.78 is 4.88. The van der Waals surface area contributed by atoms with Gasteiger partial charge in [0.05, 0.1) is 12.3 Å². The number of nitrogens with zero attached hydrogens (tertiary/aromatic N) is 1. The number of hydrogen-bond acceptors (Lipinski definition) is 4. The standard InChI is InChI=1S/C11H14N2O2/c1-2-15-11(14)10-9(12)8(5-6-13-10)7-3-4-7/h5-7H,2-4,12H2,1H3. The average molecular weight is 206 g/mol. The van der Waals surface area contributed by atoms with Crippen LogP contribution in [-0.2, 0) is 4.74 Å². The Morgan fingerprint density at radius 1 is 1.67 bits per heavy atom. The van der Waals surface area contributed by atoms with E-state index in [4.69, 9.17) is 10.5 Å². The van der Waals surface area contributed by atoms with E-state index in [0.717, 1.165) is 18.4 Å². The summed E-state index contributed by atoms with van der Waals surface area (Å²) in [6, 6.07) is 1.88. The molecule has 15 heavy (non-hydrogen) atoms.